The first kappa shape index (κ1) is 28.3. The second-order valence-electron chi connectivity index (χ2n) is 11.2. The van der Waals surface area contributed by atoms with Crippen molar-refractivity contribution < 1.29 is 8.42 Å². The predicted molar refractivity (Wildman–Crippen MR) is 168 cm³/mol. The quantitative estimate of drug-likeness (QED) is 0.224. The van der Waals surface area contributed by atoms with E-state index in [4.69, 9.17) is 4.98 Å². The summed E-state index contributed by atoms with van der Waals surface area (Å²) in [6.07, 6.45) is 9.42. The van der Waals surface area contributed by atoms with Gasteiger partial charge >= 0.3 is 0 Å². The van der Waals surface area contributed by atoms with E-state index >= 15 is 0 Å². The Bertz CT molecular complexity index is 1560. The van der Waals surface area contributed by atoms with Crippen molar-refractivity contribution in [2.24, 2.45) is 0 Å². The SMILES string of the molecule is CCCCc1cc(-c2ccsc2)cc(N2CCN(CCC3CCCN3S(=O)(=O)c3cccc4cnccc34)CC2)n1. The third-order valence-electron chi connectivity index (χ3n) is 8.53. The number of hydrogen-bond donors (Lipinski definition) is 0. The molecule has 2 fully saturated rings. The van der Waals surface area contributed by atoms with E-state index in [2.05, 4.69) is 50.7 Å². The molecule has 6 rings (SSSR count). The maximum absolute atomic E-state index is 13.8. The molecule has 2 aliphatic heterocycles. The topological polar surface area (TPSA) is 69.6 Å². The Morgan fingerprint density at radius 1 is 1.02 bits per heavy atom. The summed E-state index contributed by atoms with van der Waals surface area (Å²) in [4.78, 5) is 14.5. The Hall–Kier alpha value is -2.85. The summed E-state index contributed by atoms with van der Waals surface area (Å²) < 4.78 is 29.3. The smallest absolute Gasteiger partial charge is 0.243 e. The van der Waals surface area contributed by atoms with Crippen LogP contribution in [-0.4, -0.2) is 72.9 Å². The standard InChI is InChI=1S/C32H39N5O2S2/c1-2-3-7-28-21-27(26-12-20-40-24-26)22-32(34-28)36-18-16-35(17-19-36)15-11-29-8-5-14-37(29)41(38,39)31-9-4-6-25-23-33-13-10-30(25)31/h4,6,9-10,12-13,20-24,29H,2-3,5,7-8,11,14-19H2,1H3. The van der Waals surface area contributed by atoms with Gasteiger partial charge in [-0.15, -0.1) is 0 Å². The molecule has 0 saturated carbocycles. The Kier molecular flexibility index (Phi) is 8.67. The second-order valence-corrected chi connectivity index (χ2v) is 13.8. The number of anilines is 1. The predicted octanol–water partition coefficient (Wildman–Crippen LogP) is 6.07. The molecule has 0 N–H and O–H groups in total. The van der Waals surface area contributed by atoms with Gasteiger partial charge in [-0.05, 0) is 90.9 Å². The van der Waals surface area contributed by atoms with Crippen LogP contribution in [0.1, 0.15) is 44.7 Å². The molecule has 1 unspecified atom stereocenters. The van der Waals surface area contributed by atoms with Crippen molar-refractivity contribution in [2.75, 3.05) is 44.2 Å². The minimum absolute atomic E-state index is 0.0419. The van der Waals surface area contributed by atoms with Crippen molar-refractivity contribution >= 4 is 38.0 Å². The number of hydrogen-bond acceptors (Lipinski definition) is 7. The van der Waals surface area contributed by atoms with Crippen molar-refractivity contribution in [1.29, 1.82) is 0 Å². The number of sulfonamides is 1. The van der Waals surface area contributed by atoms with E-state index in [1.165, 1.54) is 16.8 Å². The Morgan fingerprint density at radius 2 is 1.90 bits per heavy atom. The Balaban J connectivity index is 1.09. The molecule has 0 bridgehead atoms. The molecule has 2 saturated heterocycles. The highest BCUT2D eigenvalue weighted by molar-refractivity contribution is 7.89. The lowest BCUT2D eigenvalue weighted by Crippen LogP contribution is -2.48. The summed E-state index contributed by atoms with van der Waals surface area (Å²) in [6.45, 7) is 7.52. The molecule has 216 valence electrons. The highest BCUT2D eigenvalue weighted by Gasteiger charge is 2.36. The van der Waals surface area contributed by atoms with E-state index in [9.17, 15) is 8.42 Å². The molecule has 0 aliphatic carbocycles. The van der Waals surface area contributed by atoms with Crippen molar-refractivity contribution in [2.45, 2.75) is 56.4 Å². The molecule has 2 aliphatic rings. The van der Waals surface area contributed by atoms with Crippen molar-refractivity contribution in [3.63, 3.8) is 0 Å². The average molecular weight is 590 g/mol. The number of aryl methyl sites for hydroxylation is 1. The zero-order valence-corrected chi connectivity index (χ0v) is 25.4. The van der Waals surface area contributed by atoms with Gasteiger partial charge < -0.3 is 4.90 Å². The summed E-state index contributed by atoms with van der Waals surface area (Å²) in [5.74, 6) is 1.08. The van der Waals surface area contributed by atoms with E-state index in [1.54, 1.807) is 34.1 Å². The first-order valence-electron chi connectivity index (χ1n) is 14.9. The summed E-state index contributed by atoms with van der Waals surface area (Å²) in [6, 6.07) is 14.0. The van der Waals surface area contributed by atoms with Crippen molar-refractivity contribution in [1.82, 2.24) is 19.2 Å². The fourth-order valence-electron chi connectivity index (χ4n) is 6.21. The number of piperazine rings is 1. The van der Waals surface area contributed by atoms with Crippen molar-refractivity contribution in [3.8, 4) is 11.1 Å². The highest BCUT2D eigenvalue weighted by atomic mass is 32.2. The molecule has 5 heterocycles. The molecule has 9 heteroatoms. The van der Waals surface area contributed by atoms with Gasteiger partial charge in [-0.2, -0.15) is 15.6 Å². The molecule has 4 aromatic rings. The molecule has 0 radical (unpaired) electrons. The van der Waals surface area contributed by atoms with E-state index in [0.717, 1.165) is 87.8 Å². The molecule has 3 aromatic heterocycles. The Labute approximate surface area is 247 Å². The van der Waals surface area contributed by atoms with Crippen LogP contribution in [0.4, 0.5) is 5.82 Å². The van der Waals surface area contributed by atoms with Crippen molar-refractivity contribution in [3.05, 3.63) is 71.3 Å². The highest BCUT2D eigenvalue weighted by Crippen LogP contribution is 2.32. The third-order valence-corrected chi connectivity index (χ3v) is 11.2. The fourth-order valence-corrected chi connectivity index (χ4v) is 8.81. The number of rotatable bonds is 10. The number of pyridine rings is 2. The van der Waals surface area contributed by atoms with Crippen LogP contribution < -0.4 is 4.90 Å². The van der Waals surface area contributed by atoms with Gasteiger partial charge in [-0.1, -0.05) is 25.5 Å². The molecule has 1 aromatic carbocycles. The number of benzene rings is 1. The number of thiophene rings is 1. The minimum Gasteiger partial charge on any atom is -0.354 e. The van der Waals surface area contributed by atoms with Gasteiger partial charge in [-0.3, -0.25) is 9.88 Å². The maximum atomic E-state index is 13.8. The largest absolute Gasteiger partial charge is 0.354 e. The van der Waals surface area contributed by atoms with Crippen LogP contribution in [0.3, 0.4) is 0 Å². The molecular weight excluding hydrogens is 551 g/mol. The number of unbranched alkanes of at least 4 members (excludes halogenated alkanes) is 1. The molecule has 0 spiro atoms. The first-order chi connectivity index (χ1) is 20.0. The zero-order valence-electron chi connectivity index (χ0n) is 23.8. The van der Waals surface area contributed by atoms with E-state index < -0.39 is 10.0 Å². The molecule has 7 nitrogen and oxygen atoms in total. The van der Waals surface area contributed by atoms with Crippen LogP contribution in [0.5, 0.6) is 0 Å². The monoisotopic (exact) mass is 589 g/mol. The third kappa shape index (κ3) is 6.18. The first-order valence-corrected chi connectivity index (χ1v) is 17.3. The molecule has 1 atom stereocenters. The van der Waals surface area contributed by atoms with Crippen LogP contribution in [0.25, 0.3) is 21.9 Å². The second kappa shape index (κ2) is 12.6. The van der Waals surface area contributed by atoms with Crippen LogP contribution in [0, 0.1) is 0 Å². The fraction of sp³-hybridized carbons (Fsp3) is 0.438. The van der Waals surface area contributed by atoms with Gasteiger partial charge in [0, 0.05) is 67.6 Å². The number of aromatic nitrogens is 2. The van der Waals surface area contributed by atoms with Gasteiger partial charge in [0.1, 0.15) is 5.82 Å². The molecule has 0 amide bonds. The van der Waals surface area contributed by atoms with Gasteiger partial charge in [-0.25, -0.2) is 13.4 Å². The minimum atomic E-state index is -3.57. The maximum Gasteiger partial charge on any atom is 0.243 e. The Morgan fingerprint density at radius 3 is 2.71 bits per heavy atom. The summed E-state index contributed by atoms with van der Waals surface area (Å²) in [5, 5.41) is 5.95. The van der Waals surface area contributed by atoms with Gasteiger partial charge in [0.05, 0.1) is 4.90 Å². The van der Waals surface area contributed by atoms with E-state index in [0.29, 0.717) is 11.4 Å². The van der Waals surface area contributed by atoms with Gasteiger partial charge in [0.15, 0.2) is 0 Å². The summed E-state index contributed by atoms with van der Waals surface area (Å²) in [5.41, 5.74) is 3.71. The van der Waals surface area contributed by atoms with Crippen LogP contribution >= 0.6 is 11.3 Å². The zero-order chi connectivity index (χ0) is 28.2. The van der Waals surface area contributed by atoms with E-state index in [-0.39, 0.29) is 6.04 Å². The lowest BCUT2D eigenvalue weighted by atomic mass is 10.1. The number of nitrogens with zero attached hydrogens (tertiary/aromatic N) is 5. The summed E-state index contributed by atoms with van der Waals surface area (Å²) in [7, 11) is -3.57. The number of fused-ring (bicyclic) bond motifs is 1. The van der Waals surface area contributed by atoms with Crippen LogP contribution in [-0.2, 0) is 16.4 Å². The van der Waals surface area contributed by atoms with Gasteiger partial charge in [0.2, 0.25) is 10.0 Å². The lowest BCUT2D eigenvalue weighted by molar-refractivity contribution is 0.231. The average Bonchev–Trinajstić information content (AvgIpc) is 3.72. The van der Waals surface area contributed by atoms with Crippen LogP contribution in [0.15, 0.2) is 70.5 Å². The normalized spacial score (nSPS) is 18.9. The molecule has 41 heavy (non-hydrogen) atoms. The van der Waals surface area contributed by atoms with Gasteiger partial charge in [0.25, 0.3) is 0 Å². The van der Waals surface area contributed by atoms with Crippen LogP contribution in [0.2, 0.25) is 0 Å². The lowest BCUT2D eigenvalue weighted by Gasteiger charge is -2.36. The van der Waals surface area contributed by atoms with E-state index in [1.807, 2.05) is 18.2 Å². The molecular formula is C32H39N5O2S2. The summed E-state index contributed by atoms with van der Waals surface area (Å²) >= 11 is 1.73.